The number of carbonyl (C=O) groups is 2. The molecule has 6 heteroatoms. The van der Waals surface area contributed by atoms with E-state index in [4.69, 9.17) is 4.74 Å². The zero-order valence-corrected chi connectivity index (χ0v) is 21.2. The molecule has 3 aromatic rings. The van der Waals surface area contributed by atoms with Gasteiger partial charge in [0, 0.05) is 16.6 Å². The van der Waals surface area contributed by atoms with E-state index in [1.165, 1.54) is 34.9 Å². The molecule has 3 aromatic carbocycles. The second kappa shape index (κ2) is 10.4. The molecule has 0 spiro atoms. The van der Waals surface area contributed by atoms with Gasteiger partial charge in [-0.05, 0) is 77.2 Å². The molecule has 2 amide bonds. The predicted octanol–water partition coefficient (Wildman–Crippen LogP) is 7.80. The number of thioether (sulfide) groups is 1. The summed E-state index contributed by atoms with van der Waals surface area (Å²) in [6.45, 7) is 0.947. The van der Waals surface area contributed by atoms with E-state index in [1.807, 2.05) is 30.3 Å². The molecule has 0 atom stereocenters. The van der Waals surface area contributed by atoms with Crippen LogP contribution in [0.25, 0.3) is 16.8 Å². The molecule has 0 N–H and O–H groups in total. The van der Waals surface area contributed by atoms with Crippen LogP contribution in [0.15, 0.2) is 70.0 Å². The van der Waals surface area contributed by atoms with Crippen LogP contribution in [-0.2, 0) is 11.4 Å². The Kier molecular flexibility index (Phi) is 7.07. The van der Waals surface area contributed by atoms with Crippen LogP contribution in [0.3, 0.4) is 0 Å². The van der Waals surface area contributed by atoms with Crippen LogP contribution >= 0.6 is 27.7 Å². The summed E-state index contributed by atoms with van der Waals surface area (Å²) in [4.78, 5) is 27.6. The number of amides is 2. The van der Waals surface area contributed by atoms with Gasteiger partial charge < -0.3 is 4.74 Å². The number of hydrogen-bond acceptors (Lipinski definition) is 4. The number of ether oxygens (including phenoxy) is 1. The zero-order valence-electron chi connectivity index (χ0n) is 18.8. The van der Waals surface area contributed by atoms with Gasteiger partial charge in [0.25, 0.3) is 11.1 Å². The summed E-state index contributed by atoms with van der Waals surface area (Å²) in [6, 6.07) is 20.3. The fraction of sp³-hybridized carbons (Fsp3) is 0.286. The Balaban J connectivity index is 1.33. The highest BCUT2D eigenvalue weighted by atomic mass is 79.9. The lowest BCUT2D eigenvalue weighted by Gasteiger charge is -2.25. The van der Waals surface area contributed by atoms with Crippen molar-refractivity contribution in [1.82, 2.24) is 4.90 Å². The maximum Gasteiger partial charge on any atom is 0.293 e. The maximum absolute atomic E-state index is 13.1. The van der Waals surface area contributed by atoms with Crippen molar-refractivity contribution in [3.63, 3.8) is 0 Å². The average molecular weight is 536 g/mol. The molecular formula is C28H26BrNO3S. The number of fused-ring (bicyclic) bond motifs is 1. The van der Waals surface area contributed by atoms with Crippen molar-refractivity contribution in [2.75, 3.05) is 6.54 Å². The summed E-state index contributed by atoms with van der Waals surface area (Å²) in [6.07, 6.45) is 7.60. The summed E-state index contributed by atoms with van der Waals surface area (Å²) in [5.74, 6) is 0.907. The van der Waals surface area contributed by atoms with Gasteiger partial charge in [0.1, 0.15) is 12.4 Å². The van der Waals surface area contributed by atoms with E-state index in [0.717, 1.165) is 40.2 Å². The monoisotopic (exact) mass is 535 g/mol. The van der Waals surface area contributed by atoms with E-state index in [2.05, 4.69) is 46.3 Å². The van der Waals surface area contributed by atoms with Gasteiger partial charge in [0.05, 0.1) is 4.91 Å². The first-order valence-corrected chi connectivity index (χ1v) is 13.3. The second-order valence-electron chi connectivity index (χ2n) is 8.95. The fourth-order valence-electron chi connectivity index (χ4n) is 4.68. The van der Waals surface area contributed by atoms with Gasteiger partial charge in [0.15, 0.2) is 0 Å². The first-order chi connectivity index (χ1) is 16.6. The van der Waals surface area contributed by atoms with Gasteiger partial charge in [-0.15, -0.1) is 0 Å². The van der Waals surface area contributed by atoms with Crippen molar-refractivity contribution in [2.24, 2.45) is 5.92 Å². The number of carbonyl (C=O) groups excluding carboxylic acids is 2. The smallest absolute Gasteiger partial charge is 0.293 e. The van der Waals surface area contributed by atoms with Crippen LogP contribution in [0.4, 0.5) is 4.79 Å². The number of benzene rings is 3. The number of halogens is 1. The Labute approximate surface area is 212 Å². The van der Waals surface area contributed by atoms with Crippen LogP contribution in [0.5, 0.6) is 5.75 Å². The molecule has 34 heavy (non-hydrogen) atoms. The van der Waals surface area contributed by atoms with Crippen molar-refractivity contribution in [3.05, 3.63) is 81.2 Å². The summed E-state index contributed by atoms with van der Waals surface area (Å²) in [7, 11) is 0. The van der Waals surface area contributed by atoms with E-state index in [-0.39, 0.29) is 11.1 Å². The maximum atomic E-state index is 13.1. The minimum atomic E-state index is -0.193. The van der Waals surface area contributed by atoms with Crippen LogP contribution in [-0.4, -0.2) is 22.6 Å². The van der Waals surface area contributed by atoms with E-state index < -0.39 is 0 Å². The van der Waals surface area contributed by atoms with Crippen LogP contribution in [0, 0.1) is 5.92 Å². The Bertz CT molecular complexity index is 1270. The fourth-order valence-corrected chi connectivity index (χ4v) is 5.90. The molecule has 4 nitrogen and oxygen atoms in total. The number of hydrogen-bond donors (Lipinski definition) is 0. The lowest BCUT2D eigenvalue weighted by atomic mass is 9.89. The second-order valence-corrected chi connectivity index (χ2v) is 10.9. The Morgan fingerprint density at radius 1 is 0.971 bits per heavy atom. The molecule has 2 fully saturated rings. The molecule has 2 aliphatic rings. The molecule has 5 rings (SSSR count). The highest BCUT2D eigenvalue weighted by molar-refractivity contribution is 9.10. The van der Waals surface area contributed by atoms with Crippen molar-refractivity contribution < 1.29 is 14.3 Å². The van der Waals surface area contributed by atoms with E-state index in [9.17, 15) is 9.59 Å². The molecule has 0 aromatic heterocycles. The number of rotatable bonds is 6. The Morgan fingerprint density at radius 3 is 2.59 bits per heavy atom. The van der Waals surface area contributed by atoms with Crippen LogP contribution in [0.1, 0.15) is 43.2 Å². The van der Waals surface area contributed by atoms with Crippen LogP contribution < -0.4 is 4.74 Å². The lowest BCUT2D eigenvalue weighted by molar-refractivity contribution is -0.123. The third-order valence-corrected chi connectivity index (χ3v) is 7.91. The van der Waals surface area contributed by atoms with Crippen molar-refractivity contribution in [2.45, 2.75) is 38.7 Å². The molecular weight excluding hydrogens is 510 g/mol. The first-order valence-electron chi connectivity index (χ1n) is 11.7. The summed E-state index contributed by atoms with van der Waals surface area (Å²) >= 11 is 4.54. The van der Waals surface area contributed by atoms with E-state index >= 15 is 0 Å². The number of imide groups is 1. The molecule has 1 saturated heterocycles. The first kappa shape index (κ1) is 23.2. The van der Waals surface area contributed by atoms with Gasteiger partial charge in [-0.3, -0.25) is 14.5 Å². The molecule has 0 unspecified atom stereocenters. The molecule has 0 bridgehead atoms. The minimum absolute atomic E-state index is 0.171. The average Bonchev–Trinajstić information content (AvgIpc) is 3.11. The highest BCUT2D eigenvalue weighted by Crippen LogP contribution is 2.37. The predicted molar refractivity (Wildman–Crippen MR) is 142 cm³/mol. The third-order valence-electron chi connectivity index (χ3n) is 6.51. The normalized spacial score (nSPS) is 18.3. The van der Waals surface area contributed by atoms with Gasteiger partial charge in [-0.25, -0.2) is 0 Å². The van der Waals surface area contributed by atoms with Crippen LogP contribution in [0.2, 0.25) is 0 Å². The summed E-state index contributed by atoms with van der Waals surface area (Å²) in [5, 5.41) is 2.20. The minimum Gasteiger partial charge on any atom is -0.488 e. The van der Waals surface area contributed by atoms with E-state index in [0.29, 0.717) is 29.7 Å². The molecule has 1 aliphatic carbocycles. The van der Waals surface area contributed by atoms with Crippen molar-refractivity contribution >= 4 is 55.7 Å². The summed E-state index contributed by atoms with van der Waals surface area (Å²) in [5.41, 5.74) is 1.85. The van der Waals surface area contributed by atoms with Gasteiger partial charge in [-0.2, -0.15) is 0 Å². The molecule has 1 aliphatic heterocycles. The van der Waals surface area contributed by atoms with Crippen molar-refractivity contribution in [1.29, 1.82) is 0 Å². The van der Waals surface area contributed by atoms with Crippen molar-refractivity contribution in [3.8, 4) is 5.75 Å². The quantitative estimate of drug-likeness (QED) is 0.302. The third kappa shape index (κ3) is 5.23. The van der Waals surface area contributed by atoms with E-state index in [1.54, 1.807) is 6.08 Å². The van der Waals surface area contributed by atoms with Gasteiger partial charge >= 0.3 is 0 Å². The van der Waals surface area contributed by atoms with Gasteiger partial charge in [0.2, 0.25) is 0 Å². The molecule has 0 radical (unpaired) electrons. The number of nitrogens with zero attached hydrogens (tertiary/aromatic N) is 1. The zero-order chi connectivity index (χ0) is 23.5. The highest BCUT2D eigenvalue weighted by Gasteiger charge is 2.36. The SMILES string of the molecule is O=C1S/C(=C/c2cc(Br)ccc2OCc2ccc3ccccc3c2)C(=O)N1CC1CCCCC1. The molecule has 1 saturated carbocycles. The van der Waals surface area contributed by atoms with Gasteiger partial charge in [-0.1, -0.05) is 71.6 Å². The molecule has 174 valence electrons. The topological polar surface area (TPSA) is 46.6 Å². The Morgan fingerprint density at radius 2 is 1.76 bits per heavy atom. The summed E-state index contributed by atoms with van der Waals surface area (Å²) < 4.78 is 7.05. The standard InChI is InChI=1S/C28H26BrNO3S/c29-24-12-13-25(33-18-20-10-11-21-8-4-5-9-22(21)14-20)23(15-24)16-26-27(31)30(28(32)34-26)17-19-6-2-1-3-7-19/h4-5,8-16,19H,1-3,6-7,17-18H2/b26-16+. The lowest BCUT2D eigenvalue weighted by Crippen LogP contribution is -2.34. The Hall–Kier alpha value is -2.57. The largest absolute Gasteiger partial charge is 0.488 e. The molecule has 1 heterocycles.